The number of rotatable bonds is 3. The lowest BCUT2D eigenvalue weighted by Crippen LogP contribution is -2.23. The molecule has 3 heteroatoms. The fraction of sp³-hybridized carbons (Fsp3) is 0.538. The Morgan fingerprint density at radius 3 is 2.88 bits per heavy atom. The lowest BCUT2D eigenvalue weighted by Gasteiger charge is -2.18. The predicted octanol–water partition coefficient (Wildman–Crippen LogP) is 3.30. The van der Waals surface area contributed by atoms with E-state index in [2.05, 4.69) is 41.2 Å². The minimum absolute atomic E-state index is 0.449. The van der Waals surface area contributed by atoms with Crippen LogP contribution in [-0.4, -0.2) is 13.7 Å². The topological polar surface area (TPSA) is 21.3 Å². The van der Waals surface area contributed by atoms with Gasteiger partial charge in [0.1, 0.15) is 5.75 Å². The molecule has 1 aromatic carbocycles. The Balaban J connectivity index is 2.47. The number of methoxy groups -OCH3 is 1. The minimum atomic E-state index is 0.449. The summed E-state index contributed by atoms with van der Waals surface area (Å²) in [4.78, 5) is 0. The van der Waals surface area contributed by atoms with Gasteiger partial charge in [0.15, 0.2) is 0 Å². The Morgan fingerprint density at radius 2 is 2.25 bits per heavy atom. The highest BCUT2D eigenvalue weighted by Gasteiger charge is 2.32. The second kappa shape index (κ2) is 4.76. The molecule has 2 nitrogen and oxygen atoms in total. The molecule has 88 valence electrons. The normalized spacial score (nSPS) is 23.2. The molecule has 0 saturated heterocycles. The van der Waals surface area contributed by atoms with Crippen molar-refractivity contribution in [2.24, 2.45) is 5.92 Å². The first-order chi connectivity index (χ1) is 7.69. The Hall–Kier alpha value is -0.540. The van der Waals surface area contributed by atoms with Crippen LogP contribution in [0.15, 0.2) is 16.6 Å². The molecule has 0 aliphatic heterocycles. The number of hydrogen-bond donors (Lipinski definition) is 1. The zero-order valence-electron chi connectivity index (χ0n) is 10.0. The van der Waals surface area contributed by atoms with E-state index in [0.717, 1.165) is 18.7 Å². The van der Waals surface area contributed by atoms with E-state index in [1.807, 2.05) is 6.07 Å². The first-order valence-electron chi connectivity index (χ1n) is 5.77. The second-order valence-corrected chi connectivity index (χ2v) is 5.21. The summed E-state index contributed by atoms with van der Waals surface area (Å²) in [5, 5.41) is 3.56. The van der Waals surface area contributed by atoms with Gasteiger partial charge in [-0.1, -0.05) is 29.8 Å². The van der Waals surface area contributed by atoms with Crippen molar-refractivity contribution in [2.45, 2.75) is 26.3 Å². The molecule has 0 aromatic heterocycles. The maximum absolute atomic E-state index is 5.44. The van der Waals surface area contributed by atoms with Gasteiger partial charge < -0.3 is 10.1 Å². The van der Waals surface area contributed by atoms with Crippen molar-refractivity contribution in [3.63, 3.8) is 0 Å². The second-order valence-electron chi connectivity index (χ2n) is 4.36. The molecule has 0 fully saturated rings. The molecule has 2 unspecified atom stereocenters. The Kier molecular flexibility index (Phi) is 3.55. The van der Waals surface area contributed by atoms with Crippen LogP contribution in [0, 0.1) is 5.92 Å². The smallest absolute Gasteiger partial charge is 0.122 e. The molecule has 0 bridgehead atoms. The fourth-order valence-electron chi connectivity index (χ4n) is 2.60. The fourth-order valence-corrected chi connectivity index (χ4v) is 3.22. The van der Waals surface area contributed by atoms with E-state index in [1.165, 1.54) is 15.6 Å². The van der Waals surface area contributed by atoms with Gasteiger partial charge in [0.25, 0.3) is 0 Å². The first-order valence-corrected chi connectivity index (χ1v) is 6.57. The molecule has 1 N–H and O–H groups in total. The lowest BCUT2D eigenvalue weighted by molar-refractivity contribution is 0.406. The summed E-state index contributed by atoms with van der Waals surface area (Å²) >= 11 is 3.65. The predicted molar refractivity (Wildman–Crippen MR) is 70.0 cm³/mol. The zero-order valence-corrected chi connectivity index (χ0v) is 11.6. The van der Waals surface area contributed by atoms with Crippen molar-refractivity contribution in [1.29, 1.82) is 0 Å². The largest absolute Gasteiger partial charge is 0.496 e. The van der Waals surface area contributed by atoms with E-state index < -0.39 is 0 Å². The van der Waals surface area contributed by atoms with Crippen LogP contribution in [0.5, 0.6) is 5.75 Å². The van der Waals surface area contributed by atoms with Gasteiger partial charge in [-0.05, 0) is 36.6 Å². The molecular weight excluding hydrogens is 266 g/mol. The zero-order chi connectivity index (χ0) is 11.7. The average Bonchev–Trinajstić information content (AvgIpc) is 2.58. The third-order valence-corrected chi connectivity index (χ3v) is 4.00. The molecule has 2 rings (SSSR count). The van der Waals surface area contributed by atoms with Gasteiger partial charge in [0.05, 0.1) is 7.11 Å². The first kappa shape index (κ1) is 11.9. The summed E-state index contributed by atoms with van der Waals surface area (Å²) in [6.07, 6.45) is 1.09. The van der Waals surface area contributed by atoms with Crippen molar-refractivity contribution in [2.75, 3.05) is 13.7 Å². The number of nitrogens with one attached hydrogen (secondary N) is 1. The summed E-state index contributed by atoms with van der Waals surface area (Å²) in [6, 6.07) is 4.58. The van der Waals surface area contributed by atoms with Gasteiger partial charge in [-0.15, -0.1) is 0 Å². The van der Waals surface area contributed by atoms with Gasteiger partial charge in [-0.2, -0.15) is 0 Å². The minimum Gasteiger partial charge on any atom is -0.496 e. The van der Waals surface area contributed by atoms with Crippen molar-refractivity contribution < 1.29 is 4.74 Å². The molecular formula is C13H18BrNO. The molecule has 1 aromatic rings. The molecule has 0 amide bonds. The summed E-state index contributed by atoms with van der Waals surface area (Å²) in [5.74, 6) is 1.65. The maximum atomic E-state index is 5.44. The molecule has 0 saturated carbocycles. The Morgan fingerprint density at radius 1 is 1.50 bits per heavy atom. The van der Waals surface area contributed by atoms with Gasteiger partial charge in [-0.25, -0.2) is 0 Å². The molecule has 0 radical (unpaired) electrons. The van der Waals surface area contributed by atoms with E-state index in [1.54, 1.807) is 7.11 Å². The number of ether oxygens (including phenoxy) is 1. The van der Waals surface area contributed by atoms with Crippen molar-refractivity contribution in [1.82, 2.24) is 5.32 Å². The van der Waals surface area contributed by atoms with E-state index in [9.17, 15) is 0 Å². The van der Waals surface area contributed by atoms with E-state index >= 15 is 0 Å². The molecule has 0 heterocycles. The van der Waals surface area contributed by atoms with Crippen LogP contribution < -0.4 is 10.1 Å². The van der Waals surface area contributed by atoms with Crippen molar-refractivity contribution in [3.8, 4) is 5.75 Å². The molecule has 1 aliphatic carbocycles. The van der Waals surface area contributed by atoms with Crippen molar-refractivity contribution >= 4 is 15.9 Å². The van der Waals surface area contributed by atoms with E-state index in [0.29, 0.717) is 12.0 Å². The molecule has 16 heavy (non-hydrogen) atoms. The van der Waals surface area contributed by atoms with Crippen LogP contribution in [0.4, 0.5) is 0 Å². The Labute approximate surface area is 106 Å². The van der Waals surface area contributed by atoms with Gasteiger partial charge in [0, 0.05) is 16.1 Å². The standard InChI is InChI=1S/C13H18BrNO/c1-4-15-13-8(2)7-9-11(16-3)6-5-10(14)12(9)13/h5-6,8,13,15H,4,7H2,1-3H3. The molecule has 2 atom stereocenters. The Bertz CT molecular complexity index is 392. The lowest BCUT2D eigenvalue weighted by atomic mass is 10.0. The highest BCUT2D eigenvalue weighted by atomic mass is 79.9. The third kappa shape index (κ3) is 1.87. The quantitative estimate of drug-likeness (QED) is 0.919. The highest BCUT2D eigenvalue weighted by molar-refractivity contribution is 9.10. The summed E-state index contributed by atoms with van der Waals surface area (Å²) in [5.41, 5.74) is 2.74. The third-order valence-electron chi connectivity index (χ3n) is 3.31. The maximum Gasteiger partial charge on any atom is 0.122 e. The molecule has 0 spiro atoms. The SMILES string of the molecule is CCNC1c2c(Br)ccc(OC)c2CC1C. The average molecular weight is 284 g/mol. The van der Waals surface area contributed by atoms with Crippen LogP contribution in [0.25, 0.3) is 0 Å². The summed E-state index contributed by atoms with van der Waals surface area (Å²) in [7, 11) is 1.74. The van der Waals surface area contributed by atoms with Crippen LogP contribution in [0.3, 0.4) is 0 Å². The number of halogens is 1. The van der Waals surface area contributed by atoms with E-state index in [4.69, 9.17) is 4.74 Å². The van der Waals surface area contributed by atoms with E-state index in [-0.39, 0.29) is 0 Å². The van der Waals surface area contributed by atoms with Crippen LogP contribution in [0.1, 0.15) is 31.0 Å². The van der Waals surface area contributed by atoms with Gasteiger partial charge in [0.2, 0.25) is 0 Å². The number of benzene rings is 1. The van der Waals surface area contributed by atoms with Crippen molar-refractivity contribution in [3.05, 3.63) is 27.7 Å². The number of fused-ring (bicyclic) bond motifs is 1. The van der Waals surface area contributed by atoms with Crippen LogP contribution >= 0.6 is 15.9 Å². The molecule has 1 aliphatic rings. The van der Waals surface area contributed by atoms with Gasteiger partial charge in [-0.3, -0.25) is 0 Å². The monoisotopic (exact) mass is 283 g/mol. The summed E-state index contributed by atoms with van der Waals surface area (Å²) in [6.45, 7) is 5.44. The van der Waals surface area contributed by atoms with Crippen LogP contribution in [0.2, 0.25) is 0 Å². The van der Waals surface area contributed by atoms with Crippen LogP contribution in [-0.2, 0) is 6.42 Å². The number of hydrogen-bond acceptors (Lipinski definition) is 2. The van der Waals surface area contributed by atoms with Gasteiger partial charge >= 0.3 is 0 Å². The summed E-state index contributed by atoms with van der Waals surface area (Å²) < 4.78 is 6.63. The highest BCUT2D eigenvalue weighted by Crippen LogP contribution is 2.44.